The molecule has 142 valence electrons. The molecule has 1 saturated heterocycles. The maximum atomic E-state index is 12.7. The van der Waals surface area contributed by atoms with Gasteiger partial charge in [0.2, 0.25) is 5.91 Å². The number of piperidine rings is 1. The van der Waals surface area contributed by atoms with Gasteiger partial charge < -0.3 is 10.2 Å². The molecule has 1 fully saturated rings. The number of carbonyl (C=O) groups excluding carboxylic acids is 2. The molecule has 0 saturated carbocycles. The summed E-state index contributed by atoms with van der Waals surface area (Å²) in [5.74, 6) is -0.439. The fourth-order valence-corrected chi connectivity index (χ4v) is 3.73. The van der Waals surface area contributed by atoms with E-state index in [1.54, 1.807) is 41.6 Å². The van der Waals surface area contributed by atoms with E-state index in [9.17, 15) is 18.0 Å². The number of likely N-dealkylation sites (tertiary alicyclic amines) is 1. The van der Waals surface area contributed by atoms with Gasteiger partial charge in [0, 0.05) is 48.9 Å². The van der Waals surface area contributed by atoms with Crippen molar-refractivity contribution in [3.05, 3.63) is 54.4 Å². The average molecular weight is 387 g/mol. The van der Waals surface area contributed by atoms with Crippen molar-refractivity contribution in [2.45, 2.75) is 17.7 Å². The van der Waals surface area contributed by atoms with Crippen LogP contribution in [0.15, 0.2) is 53.7 Å². The predicted molar refractivity (Wildman–Crippen MR) is 101 cm³/mol. The van der Waals surface area contributed by atoms with Gasteiger partial charge in [0.15, 0.2) is 9.84 Å². The van der Waals surface area contributed by atoms with E-state index in [2.05, 4.69) is 10.3 Å². The van der Waals surface area contributed by atoms with Crippen molar-refractivity contribution in [1.29, 1.82) is 0 Å². The van der Waals surface area contributed by atoms with Crippen molar-refractivity contribution in [3.8, 4) is 0 Å². The van der Waals surface area contributed by atoms with Crippen LogP contribution < -0.4 is 5.32 Å². The van der Waals surface area contributed by atoms with Gasteiger partial charge in [-0.1, -0.05) is 6.07 Å². The number of nitrogens with zero attached hydrogens (tertiary/aromatic N) is 2. The number of aromatic nitrogens is 1. The fraction of sp³-hybridized carbons (Fsp3) is 0.316. The number of pyridine rings is 1. The van der Waals surface area contributed by atoms with Crippen molar-refractivity contribution in [2.75, 3.05) is 24.7 Å². The molecule has 8 heteroatoms. The molecule has 1 N–H and O–H groups in total. The van der Waals surface area contributed by atoms with Crippen LogP contribution in [0.4, 0.5) is 5.69 Å². The third kappa shape index (κ3) is 4.71. The molecule has 1 aromatic heterocycles. The number of sulfone groups is 1. The molecule has 2 amide bonds. The van der Waals surface area contributed by atoms with Gasteiger partial charge in [0.25, 0.3) is 5.91 Å². The van der Waals surface area contributed by atoms with Crippen LogP contribution in [0.3, 0.4) is 0 Å². The molecule has 0 spiro atoms. The molecule has 3 rings (SSSR count). The molecule has 0 aliphatic carbocycles. The first-order valence-corrected chi connectivity index (χ1v) is 10.5. The Morgan fingerprint density at radius 3 is 2.41 bits per heavy atom. The summed E-state index contributed by atoms with van der Waals surface area (Å²) in [6.07, 6.45) is 5.47. The van der Waals surface area contributed by atoms with Crippen LogP contribution in [0.5, 0.6) is 0 Å². The van der Waals surface area contributed by atoms with E-state index < -0.39 is 9.84 Å². The molecular weight excluding hydrogens is 366 g/mol. The highest BCUT2D eigenvalue weighted by Crippen LogP contribution is 2.22. The second-order valence-electron chi connectivity index (χ2n) is 6.59. The zero-order valence-corrected chi connectivity index (χ0v) is 15.8. The van der Waals surface area contributed by atoms with E-state index in [1.807, 2.05) is 0 Å². The van der Waals surface area contributed by atoms with E-state index in [0.717, 1.165) is 6.26 Å². The second kappa shape index (κ2) is 7.87. The number of benzene rings is 1. The van der Waals surface area contributed by atoms with Gasteiger partial charge in [-0.15, -0.1) is 0 Å². The Balaban J connectivity index is 1.60. The Kier molecular flexibility index (Phi) is 5.55. The molecular formula is C19H21N3O4S. The molecule has 1 aromatic carbocycles. The van der Waals surface area contributed by atoms with Gasteiger partial charge in [0.05, 0.1) is 4.90 Å². The van der Waals surface area contributed by atoms with Crippen LogP contribution in [0.2, 0.25) is 0 Å². The van der Waals surface area contributed by atoms with E-state index in [1.165, 1.54) is 12.1 Å². The van der Waals surface area contributed by atoms with Crippen molar-refractivity contribution >= 4 is 27.3 Å². The van der Waals surface area contributed by atoms with Crippen molar-refractivity contribution in [1.82, 2.24) is 9.88 Å². The Bertz CT molecular complexity index is 936. The second-order valence-corrected chi connectivity index (χ2v) is 8.61. The molecule has 0 radical (unpaired) electrons. The van der Waals surface area contributed by atoms with Gasteiger partial charge in [-0.05, 0) is 43.2 Å². The predicted octanol–water partition coefficient (Wildman–Crippen LogP) is 1.98. The van der Waals surface area contributed by atoms with Gasteiger partial charge in [-0.2, -0.15) is 0 Å². The number of anilines is 1. The minimum Gasteiger partial charge on any atom is -0.339 e. The summed E-state index contributed by atoms with van der Waals surface area (Å²) in [7, 11) is -3.37. The maximum Gasteiger partial charge on any atom is 0.253 e. The highest BCUT2D eigenvalue weighted by atomic mass is 32.2. The van der Waals surface area contributed by atoms with Crippen molar-refractivity contribution < 1.29 is 18.0 Å². The van der Waals surface area contributed by atoms with Crippen LogP contribution in [-0.4, -0.2) is 49.5 Å². The molecule has 0 bridgehead atoms. The zero-order valence-electron chi connectivity index (χ0n) is 15.0. The quantitative estimate of drug-likeness (QED) is 0.865. The lowest BCUT2D eigenvalue weighted by atomic mass is 9.95. The van der Waals surface area contributed by atoms with Gasteiger partial charge in [0.1, 0.15) is 0 Å². The number of nitrogens with one attached hydrogen (secondary N) is 1. The number of hydrogen-bond donors (Lipinski definition) is 1. The first-order valence-electron chi connectivity index (χ1n) is 8.65. The number of amides is 2. The summed E-state index contributed by atoms with van der Waals surface area (Å²) in [6.45, 7) is 0.909. The maximum absolute atomic E-state index is 12.7. The molecule has 1 aliphatic rings. The Hall–Kier alpha value is -2.74. The molecule has 27 heavy (non-hydrogen) atoms. The van der Waals surface area contributed by atoms with Crippen LogP contribution >= 0.6 is 0 Å². The molecule has 7 nitrogen and oxygen atoms in total. The Labute approximate surface area is 158 Å². The lowest BCUT2D eigenvalue weighted by Gasteiger charge is -2.31. The fourth-order valence-electron chi connectivity index (χ4n) is 3.07. The van der Waals surface area contributed by atoms with E-state index in [4.69, 9.17) is 0 Å². The lowest BCUT2D eigenvalue weighted by molar-refractivity contribution is -0.121. The van der Waals surface area contributed by atoms with Gasteiger partial charge in [-0.3, -0.25) is 14.6 Å². The van der Waals surface area contributed by atoms with Gasteiger partial charge >= 0.3 is 0 Å². The molecule has 0 atom stereocenters. The number of carbonyl (C=O) groups is 2. The number of rotatable bonds is 4. The van der Waals surface area contributed by atoms with Crippen molar-refractivity contribution in [2.24, 2.45) is 5.92 Å². The minimum atomic E-state index is -3.37. The van der Waals surface area contributed by atoms with Crippen LogP contribution in [0.25, 0.3) is 0 Å². The van der Waals surface area contributed by atoms with Crippen molar-refractivity contribution in [3.63, 3.8) is 0 Å². The lowest BCUT2D eigenvalue weighted by Crippen LogP contribution is -2.41. The minimum absolute atomic E-state index is 0.0626. The summed E-state index contributed by atoms with van der Waals surface area (Å²) in [4.78, 5) is 30.7. The summed E-state index contributed by atoms with van der Waals surface area (Å²) in [5, 5.41) is 2.86. The van der Waals surface area contributed by atoms with E-state index in [0.29, 0.717) is 37.2 Å². The summed E-state index contributed by atoms with van der Waals surface area (Å²) >= 11 is 0. The summed E-state index contributed by atoms with van der Waals surface area (Å²) in [5.41, 5.74) is 1.05. The van der Waals surface area contributed by atoms with Crippen LogP contribution in [0.1, 0.15) is 23.2 Å². The zero-order chi connectivity index (χ0) is 19.4. The van der Waals surface area contributed by atoms with E-state index in [-0.39, 0.29) is 22.6 Å². The Morgan fingerprint density at radius 2 is 1.78 bits per heavy atom. The third-order valence-electron chi connectivity index (χ3n) is 4.61. The molecule has 2 aromatic rings. The first-order chi connectivity index (χ1) is 12.8. The largest absolute Gasteiger partial charge is 0.339 e. The highest BCUT2D eigenvalue weighted by Gasteiger charge is 2.28. The van der Waals surface area contributed by atoms with Gasteiger partial charge in [-0.25, -0.2) is 8.42 Å². The average Bonchev–Trinajstić information content (AvgIpc) is 2.68. The Morgan fingerprint density at radius 1 is 1.11 bits per heavy atom. The smallest absolute Gasteiger partial charge is 0.253 e. The first kappa shape index (κ1) is 19.0. The van der Waals surface area contributed by atoms with Crippen LogP contribution in [-0.2, 0) is 14.6 Å². The standard InChI is InChI=1S/C19H21N3O4S/c1-27(25,26)17-4-2-3-15(13-17)19(24)22-11-7-14(8-12-22)18(23)21-16-5-9-20-10-6-16/h2-6,9-10,13-14H,7-8,11-12H2,1H3,(H,20,21,23). The van der Waals surface area contributed by atoms with Crippen LogP contribution in [0, 0.1) is 5.92 Å². The summed E-state index contributed by atoms with van der Waals surface area (Å²) < 4.78 is 23.4. The molecule has 0 unspecified atom stereocenters. The normalized spacial score (nSPS) is 15.4. The summed E-state index contributed by atoms with van der Waals surface area (Å²) in [6, 6.07) is 9.51. The number of hydrogen-bond acceptors (Lipinski definition) is 5. The third-order valence-corrected chi connectivity index (χ3v) is 5.72. The molecule has 2 heterocycles. The SMILES string of the molecule is CS(=O)(=O)c1cccc(C(=O)N2CCC(C(=O)Nc3ccncc3)CC2)c1. The topological polar surface area (TPSA) is 96.4 Å². The monoisotopic (exact) mass is 387 g/mol. The van der Waals surface area contributed by atoms with E-state index >= 15 is 0 Å². The molecule has 1 aliphatic heterocycles. The highest BCUT2D eigenvalue weighted by molar-refractivity contribution is 7.90.